The van der Waals surface area contributed by atoms with E-state index in [2.05, 4.69) is 4.99 Å². The van der Waals surface area contributed by atoms with Gasteiger partial charge in [0.15, 0.2) is 0 Å². The molecule has 0 aromatic heterocycles. The van der Waals surface area contributed by atoms with Gasteiger partial charge in [0.2, 0.25) is 12.4 Å². The Morgan fingerprint density at radius 3 is 2.87 bits per heavy atom. The average molecular weight is 209 g/mol. The van der Waals surface area contributed by atoms with Gasteiger partial charge >= 0.3 is 0 Å². The van der Waals surface area contributed by atoms with Crippen molar-refractivity contribution in [2.45, 2.75) is 19.6 Å². The summed E-state index contributed by atoms with van der Waals surface area (Å²) < 4.78 is 18.4. The maximum Gasteiger partial charge on any atom is 0.238 e. The summed E-state index contributed by atoms with van der Waals surface area (Å²) in [6.07, 6.45) is 0.281. The number of aliphatic imine (C=N–C) groups is 1. The van der Waals surface area contributed by atoms with Gasteiger partial charge in [-0.2, -0.15) is 4.99 Å². The summed E-state index contributed by atoms with van der Waals surface area (Å²) in [4.78, 5) is 13.0. The van der Waals surface area contributed by atoms with Crippen molar-refractivity contribution in [1.82, 2.24) is 0 Å². The summed E-state index contributed by atoms with van der Waals surface area (Å²) in [5.41, 5.74) is 1.23. The Morgan fingerprint density at radius 1 is 1.60 bits per heavy atom. The van der Waals surface area contributed by atoms with E-state index in [0.717, 1.165) is 12.0 Å². The quantitative estimate of drug-likeness (QED) is 0.434. The standard InChI is InChI=1S/C11H12FNO2/c1-3-8-4-5-10(15-2)9(6-8)11(12)13-7-14/h4-6,11H,3H2,1-2H3. The third kappa shape index (κ3) is 2.64. The van der Waals surface area contributed by atoms with Crippen LogP contribution in [0.25, 0.3) is 0 Å². The smallest absolute Gasteiger partial charge is 0.238 e. The van der Waals surface area contributed by atoms with Gasteiger partial charge in [0.05, 0.1) is 12.7 Å². The van der Waals surface area contributed by atoms with E-state index < -0.39 is 6.30 Å². The molecule has 15 heavy (non-hydrogen) atoms. The van der Waals surface area contributed by atoms with Crippen LogP contribution in [0.2, 0.25) is 0 Å². The molecular formula is C11H12FNO2. The first-order valence-electron chi connectivity index (χ1n) is 4.60. The lowest BCUT2D eigenvalue weighted by molar-refractivity contribution is 0.334. The van der Waals surface area contributed by atoms with Crippen LogP contribution in [0.3, 0.4) is 0 Å². The second kappa shape index (κ2) is 5.27. The number of nitrogens with zero attached hydrogens (tertiary/aromatic N) is 1. The van der Waals surface area contributed by atoms with Gasteiger partial charge in [0, 0.05) is 0 Å². The second-order valence-corrected chi connectivity index (χ2v) is 2.99. The van der Waals surface area contributed by atoms with Crippen LogP contribution < -0.4 is 4.74 Å². The van der Waals surface area contributed by atoms with Crippen LogP contribution in [0, 0.1) is 0 Å². The molecule has 1 atom stereocenters. The predicted molar refractivity (Wildman–Crippen MR) is 54.3 cm³/mol. The Labute approximate surface area is 87.6 Å². The van der Waals surface area contributed by atoms with E-state index in [1.54, 1.807) is 12.1 Å². The molecule has 0 aliphatic rings. The van der Waals surface area contributed by atoms with Crippen LogP contribution in [0.5, 0.6) is 5.75 Å². The average Bonchev–Trinajstić information content (AvgIpc) is 2.28. The minimum atomic E-state index is -1.70. The van der Waals surface area contributed by atoms with E-state index in [0.29, 0.717) is 5.75 Å². The molecule has 0 radical (unpaired) electrons. The van der Waals surface area contributed by atoms with Crippen molar-refractivity contribution in [2.24, 2.45) is 4.99 Å². The fourth-order valence-corrected chi connectivity index (χ4v) is 1.31. The lowest BCUT2D eigenvalue weighted by atomic mass is 10.1. The zero-order valence-corrected chi connectivity index (χ0v) is 8.66. The Bertz CT molecular complexity index is 386. The highest BCUT2D eigenvalue weighted by Gasteiger charge is 2.14. The third-order valence-electron chi connectivity index (χ3n) is 2.13. The Morgan fingerprint density at radius 2 is 2.33 bits per heavy atom. The molecule has 0 aliphatic carbocycles. The number of rotatable bonds is 4. The van der Waals surface area contributed by atoms with Crippen LogP contribution in [0.4, 0.5) is 4.39 Å². The van der Waals surface area contributed by atoms with Gasteiger partial charge in [-0.15, -0.1) is 0 Å². The normalized spacial score (nSPS) is 11.7. The fraction of sp³-hybridized carbons (Fsp3) is 0.364. The van der Waals surface area contributed by atoms with E-state index >= 15 is 0 Å². The SMILES string of the molecule is CCc1ccc(OC)c(C(F)N=C=O)c1. The summed E-state index contributed by atoms with van der Waals surface area (Å²) in [6.45, 7) is 1.96. The summed E-state index contributed by atoms with van der Waals surface area (Å²) in [5, 5.41) is 0. The maximum atomic E-state index is 13.4. The van der Waals surface area contributed by atoms with E-state index in [9.17, 15) is 9.18 Å². The number of ether oxygens (including phenoxy) is 1. The van der Waals surface area contributed by atoms with Gasteiger partial charge in [-0.25, -0.2) is 9.18 Å². The zero-order valence-electron chi connectivity index (χ0n) is 8.66. The summed E-state index contributed by atoms with van der Waals surface area (Å²) in [5.74, 6) is 0.388. The number of isocyanates is 1. The van der Waals surface area contributed by atoms with Crippen LogP contribution in [-0.2, 0) is 11.2 Å². The molecule has 0 N–H and O–H groups in total. The van der Waals surface area contributed by atoms with E-state index in [1.165, 1.54) is 13.2 Å². The second-order valence-electron chi connectivity index (χ2n) is 2.99. The number of hydrogen-bond acceptors (Lipinski definition) is 3. The van der Waals surface area contributed by atoms with Gasteiger partial charge in [0.1, 0.15) is 5.75 Å². The highest BCUT2D eigenvalue weighted by atomic mass is 19.1. The van der Waals surface area contributed by atoms with Crippen LogP contribution in [0.1, 0.15) is 24.3 Å². The molecule has 1 unspecified atom stereocenters. The van der Waals surface area contributed by atoms with Crippen molar-refractivity contribution < 1.29 is 13.9 Å². The lowest BCUT2D eigenvalue weighted by Gasteiger charge is -2.10. The van der Waals surface area contributed by atoms with Crippen molar-refractivity contribution >= 4 is 6.08 Å². The van der Waals surface area contributed by atoms with Crippen LogP contribution in [-0.4, -0.2) is 13.2 Å². The fourth-order valence-electron chi connectivity index (χ4n) is 1.31. The van der Waals surface area contributed by atoms with Crippen molar-refractivity contribution in [3.8, 4) is 5.75 Å². The highest BCUT2D eigenvalue weighted by molar-refractivity contribution is 5.41. The topological polar surface area (TPSA) is 38.7 Å². The summed E-state index contributed by atoms with van der Waals surface area (Å²) in [7, 11) is 1.45. The van der Waals surface area contributed by atoms with Crippen LogP contribution in [0.15, 0.2) is 23.2 Å². The van der Waals surface area contributed by atoms with E-state index in [4.69, 9.17) is 4.74 Å². The first kappa shape index (κ1) is 11.4. The Hall–Kier alpha value is -1.67. The number of alkyl halides is 1. The summed E-state index contributed by atoms with van der Waals surface area (Å²) in [6, 6.07) is 5.16. The molecule has 0 bridgehead atoms. The number of carbonyl (C=O) groups excluding carboxylic acids is 1. The molecule has 80 valence electrons. The molecule has 0 saturated heterocycles. The molecule has 0 spiro atoms. The largest absolute Gasteiger partial charge is 0.496 e. The van der Waals surface area contributed by atoms with Gasteiger partial charge < -0.3 is 4.74 Å². The van der Waals surface area contributed by atoms with Gasteiger partial charge in [-0.1, -0.05) is 13.0 Å². The third-order valence-corrected chi connectivity index (χ3v) is 2.13. The number of methoxy groups -OCH3 is 1. The molecule has 0 amide bonds. The molecule has 0 fully saturated rings. The molecular weight excluding hydrogens is 197 g/mol. The van der Waals surface area contributed by atoms with Crippen molar-refractivity contribution in [1.29, 1.82) is 0 Å². The minimum Gasteiger partial charge on any atom is -0.496 e. The van der Waals surface area contributed by atoms with Crippen molar-refractivity contribution in [3.63, 3.8) is 0 Å². The molecule has 0 heterocycles. The van der Waals surface area contributed by atoms with E-state index in [-0.39, 0.29) is 5.56 Å². The number of aryl methyl sites for hydroxylation is 1. The predicted octanol–water partition coefficient (Wildman–Crippen LogP) is 2.56. The zero-order chi connectivity index (χ0) is 11.3. The lowest BCUT2D eigenvalue weighted by Crippen LogP contribution is -1.96. The first-order chi connectivity index (χ1) is 7.22. The summed E-state index contributed by atoms with van der Waals surface area (Å²) >= 11 is 0. The molecule has 3 nitrogen and oxygen atoms in total. The highest BCUT2D eigenvalue weighted by Crippen LogP contribution is 2.29. The van der Waals surface area contributed by atoms with Gasteiger partial charge in [-0.3, -0.25) is 0 Å². The first-order valence-corrected chi connectivity index (χ1v) is 4.60. The number of hydrogen-bond donors (Lipinski definition) is 0. The number of benzene rings is 1. The van der Waals surface area contributed by atoms with Crippen LogP contribution >= 0.6 is 0 Å². The van der Waals surface area contributed by atoms with Gasteiger partial charge in [0.25, 0.3) is 0 Å². The molecule has 1 aromatic rings. The molecule has 4 heteroatoms. The number of halogens is 1. The van der Waals surface area contributed by atoms with Crippen molar-refractivity contribution in [2.75, 3.05) is 7.11 Å². The molecule has 0 aliphatic heterocycles. The maximum absolute atomic E-state index is 13.4. The van der Waals surface area contributed by atoms with Crippen molar-refractivity contribution in [3.05, 3.63) is 29.3 Å². The Kier molecular flexibility index (Phi) is 4.01. The monoisotopic (exact) mass is 209 g/mol. The molecule has 1 aromatic carbocycles. The Balaban J connectivity index is 3.16. The minimum absolute atomic E-state index is 0.264. The molecule has 0 saturated carbocycles. The molecule has 1 rings (SSSR count). The van der Waals surface area contributed by atoms with Gasteiger partial charge in [-0.05, 0) is 24.1 Å². The van der Waals surface area contributed by atoms with E-state index in [1.807, 2.05) is 13.0 Å².